The number of fused-ring (bicyclic) bond motifs is 1. The van der Waals surface area contributed by atoms with E-state index in [-0.39, 0.29) is 0 Å². The Morgan fingerprint density at radius 1 is 1.15 bits per heavy atom. The van der Waals surface area contributed by atoms with Crippen molar-refractivity contribution >= 4 is 11.0 Å². The summed E-state index contributed by atoms with van der Waals surface area (Å²) in [5.41, 5.74) is 4.44. The van der Waals surface area contributed by atoms with Gasteiger partial charge in [0.1, 0.15) is 0 Å². The molecule has 0 fully saturated rings. The zero-order valence-corrected chi connectivity index (χ0v) is 11.5. The van der Waals surface area contributed by atoms with Gasteiger partial charge in [-0.2, -0.15) is 5.10 Å². The Hall–Kier alpha value is -2.27. The molecule has 3 rings (SSSR count). The van der Waals surface area contributed by atoms with E-state index in [2.05, 4.69) is 15.1 Å². The average Bonchev–Trinajstić information content (AvgIpc) is 2.76. The molecule has 5 nitrogen and oxygen atoms in total. The maximum absolute atomic E-state index is 10.4. The number of hydrogen-bond acceptors (Lipinski definition) is 4. The van der Waals surface area contributed by atoms with Crippen LogP contribution in [0.25, 0.3) is 11.0 Å². The molecule has 102 valence electrons. The minimum atomic E-state index is -0.573. The fraction of sp³-hybridized carbons (Fsp3) is 0.267. The third-order valence-electron chi connectivity index (χ3n) is 3.38. The predicted octanol–water partition coefficient (Wildman–Crippen LogP) is 1.95. The van der Waals surface area contributed by atoms with Crippen molar-refractivity contribution in [1.29, 1.82) is 0 Å². The van der Waals surface area contributed by atoms with Crippen molar-refractivity contribution in [2.75, 3.05) is 0 Å². The van der Waals surface area contributed by atoms with E-state index < -0.39 is 6.10 Å². The van der Waals surface area contributed by atoms with Gasteiger partial charge >= 0.3 is 0 Å². The van der Waals surface area contributed by atoms with Gasteiger partial charge in [0.05, 0.1) is 22.8 Å². The number of aryl methyl sites for hydroxylation is 2. The van der Waals surface area contributed by atoms with E-state index in [9.17, 15) is 5.11 Å². The van der Waals surface area contributed by atoms with Crippen LogP contribution < -0.4 is 0 Å². The normalized spacial score (nSPS) is 12.8. The lowest BCUT2D eigenvalue weighted by Gasteiger charge is -2.11. The van der Waals surface area contributed by atoms with Gasteiger partial charge in [0, 0.05) is 31.6 Å². The maximum Gasteiger partial charge on any atom is 0.0890 e. The summed E-state index contributed by atoms with van der Waals surface area (Å²) in [6, 6.07) is 7.65. The minimum Gasteiger partial charge on any atom is -0.388 e. The molecule has 1 aromatic carbocycles. The van der Waals surface area contributed by atoms with Crippen molar-refractivity contribution in [3.63, 3.8) is 0 Å². The molecule has 0 amide bonds. The van der Waals surface area contributed by atoms with Crippen LogP contribution in [-0.2, 0) is 13.5 Å². The number of rotatable bonds is 3. The van der Waals surface area contributed by atoms with E-state index in [0.29, 0.717) is 6.42 Å². The van der Waals surface area contributed by atoms with Crippen LogP contribution in [0, 0.1) is 6.92 Å². The summed E-state index contributed by atoms with van der Waals surface area (Å²) >= 11 is 0. The fourth-order valence-electron chi connectivity index (χ4n) is 2.36. The molecule has 5 heteroatoms. The van der Waals surface area contributed by atoms with Crippen molar-refractivity contribution in [2.24, 2.45) is 7.05 Å². The highest BCUT2D eigenvalue weighted by Gasteiger charge is 2.12. The summed E-state index contributed by atoms with van der Waals surface area (Å²) in [6.07, 6.45) is 3.28. The number of aliphatic hydroxyl groups excluding tert-OH is 1. The van der Waals surface area contributed by atoms with Crippen LogP contribution in [0.15, 0.2) is 36.7 Å². The molecule has 0 bridgehead atoms. The number of aromatic nitrogens is 4. The van der Waals surface area contributed by atoms with Crippen molar-refractivity contribution in [2.45, 2.75) is 19.4 Å². The van der Waals surface area contributed by atoms with E-state index in [1.807, 2.05) is 38.2 Å². The lowest BCUT2D eigenvalue weighted by molar-refractivity contribution is 0.176. The second kappa shape index (κ2) is 5.02. The van der Waals surface area contributed by atoms with Crippen molar-refractivity contribution in [3.8, 4) is 0 Å². The smallest absolute Gasteiger partial charge is 0.0890 e. The Labute approximate surface area is 116 Å². The first-order chi connectivity index (χ1) is 9.63. The molecule has 0 spiro atoms. The maximum atomic E-state index is 10.4. The van der Waals surface area contributed by atoms with Gasteiger partial charge in [-0.1, -0.05) is 6.07 Å². The van der Waals surface area contributed by atoms with Crippen LogP contribution in [0.5, 0.6) is 0 Å². The quantitative estimate of drug-likeness (QED) is 0.788. The van der Waals surface area contributed by atoms with Gasteiger partial charge in [0.25, 0.3) is 0 Å². The van der Waals surface area contributed by atoms with Gasteiger partial charge in [0.2, 0.25) is 0 Å². The molecule has 2 aromatic heterocycles. The number of aliphatic hydroxyl groups is 1. The van der Waals surface area contributed by atoms with Crippen molar-refractivity contribution in [3.05, 3.63) is 53.6 Å². The molecule has 1 atom stereocenters. The monoisotopic (exact) mass is 268 g/mol. The molecule has 20 heavy (non-hydrogen) atoms. The largest absolute Gasteiger partial charge is 0.388 e. The first-order valence-corrected chi connectivity index (χ1v) is 6.52. The first kappa shape index (κ1) is 12.7. The molecule has 0 aliphatic carbocycles. The molecule has 0 aliphatic heterocycles. The minimum absolute atomic E-state index is 0.531. The van der Waals surface area contributed by atoms with Crippen LogP contribution in [-0.4, -0.2) is 24.9 Å². The van der Waals surface area contributed by atoms with E-state index in [1.165, 1.54) is 0 Å². The fourth-order valence-corrected chi connectivity index (χ4v) is 2.36. The second-order valence-electron chi connectivity index (χ2n) is 4.93. The Morgan fingerprint density at radius 2 is 1.90 bits per heavy atom. The molecule has 1 unspecified atom stereocenters. The molecule has 3 aromatic rings. The lowest BCUT2D eigenvalue weighted by Crippen LogP contribution is -2.06. The van der Waals surface area contributed by atoms with Crippen LogP contribution in [0.4, 0.5) is 0 Å². The summed E-state index contributed by atoms with van der Waals surface area (Å²) in [7, 11) is 1.89. The summed E-state index contributed by atoms with van der Waals surface area (Å²) in [5.74, 6) is 0. The Morgan fingerprint density at radius 3 is 2.60 bits per heavy atom. The lowest BCUT2D eigenvalue weighted by atomic mass is 10.0. The summed E-state index contributed by atoms with van der Waals surface area (Å²) in [5, 5.41) is 14.7. The Bertz CT molecular complexity index is 750. The van der Waals surface area contributed by atoms with E-state index in [1.54, 1.807) is 17.1 Å². The third-order valence-corrected chi connectivity index (χ3v) is 3.38. The third kappa shape index (κ3) is 2.40. The average molecular weight is 268 g/mol. The SMILES string of the molecule is Cc1cc(CC(O)c2ccc3nccnc3c2)n(C)n1. The van der Waals surface area contributed by atoms with Crippen LogP contribution >= 0.6 is 0 Å². The Balaban J connectivity index is 1.88. The molecule has 0 saturated heterocycles. The zero-order chi connectivity index (χ0) is 14.1. The molecule has 0 saturated carbocycles. The second-order valence-corrected chi connectivity index (χ2v) is 4.93. The van der Waals surface area contributed by atoms with Crippen molar-refractivity contribution < 1.29 is 5.11 Å². The van der Waals surface area contributed by atoms with Gasteiger partial charge in [-0.05, 0) is 30.7 Å². The number of benzene rings is 1. The molecule has 0 aliphatic rings. The van der Waals surface area contributed by atoms with Crippen LogP contribution in [0.2, 0.25) is 0 Å². The van der Waals surface area contributed by atoms with E-state index in [4.69, 9.17) is 0 Å². The Kier molecular flexibility index (Phi) is 3.20. The highest BCUT2D eigenvalue weighted by atomic mass is 16.3. The van der Waals surface area contributed by atoms with Crippen LogP contribution in [0.3, 0.4) is 0 Å². The molecule has 2 heterocycles. The van der Waals surface area contributed by atoms with Gasteiger partial charge in [-0.3, -0.25) is 14.6 Å². The van der Waals surface area contributed by atoms with E-state index in [0.717, 1.165) is 28.0 Å². The highest BCUT2D eigenvalue weighted by molar-refractivity contribution is 5.74. The summed E-state index contributed by atoms with van der Waals surface area (Å²) in [4.78, 5) is 8.49. The van der Waals surface area contributed by atoms with Crippen molar-refractivity contribution in [1.82, 2.24) is 19.7 Å². The van der Waals surface area contributed by atoms with Gasteiger partial charge in [0.15, 0.2) is 0 Å². The first-order valence-electron chi connectivity index (χ1n) is 6.52. The molecule has 1 N–H and O–H groups in total. The topological polar surface area (TPSA) is 63.8 Å². The van der Waals surface area contributed by atoms with E-state index >= 15 is 0 Å². The summed E-state index contributed by atoms with van der Waals surface area (Å²) in [6.45, 7) is 1.95. The zero-order valence-electron chi connectivity index (χ0n) is 11.5. The standard InChI is InChI=1S/C15H16N4O/c1-10-7-12(19(2)18-10)9-15(20)11-3-4-13-14(8-11)17-6-5-16-13/h3-8,15,20H,9H2,1-2H3. The molecular weight excluding hydrogens is 252 g/mol. The van der Waals surface area contributed by atoms with Crippen LogP contribution in [0.1, 0.15) is 23.1 Å². The number of nitrogens with zero attached hydrogens (tertiary/aromatic N) is 4. The van der Waals surface area contributed by atoms with Gasteiger partial charge in [-0.25, -0.2) is 0 Å². The number of hydrogen-bond donors (Lipinski definition) is 1. The molecule has 0 radical (unpaired) electrons. The highest BCUT2D eigenvalue weighted by Crippen LogP contribution is 2.21. The van der Waals surface area contributed by atoms with Gasteiger partial charge in [-0.15, -0.1) is 0 Å². The summed E-state index contributed by atoms with van der Waals surface area (Å²) < 4.78 is 1.80. The predicted molar refractivity (Wildman–Crippen MR) is 76.1 cm³/mol. The molecular formula is C15H16N4O. The van der Waals surface area contributed by atoms with Gasteiger partial charge < -0.3 is 5.11 Å².